The second-order valence-corrected chi connectivity index (χ2v) is 2.96. The summed E-state index contributed by atoms with van der Waals surface area (Å²) in [5, 5.41) is 8.68. The molecule has 0 N–H and O–H groups in total. The summed E-state index contributed by atoms with van der Waals surface area (Å²) in [4.78, 5) is 10.7. The number of halogens is 2. The number of nitriles is 1. The highest BCUT2D eigenvalue weighted by molar-refractivity contribution is 6.34. The first kappa shape index (κ1) is 11.5. The second-order valence-electron chi connectivity index (χ2n) is 2.20. The Morgan fingerprint density at radius 1 is 1.58 bits per heavy atom. The zero-order valence-corrected chi connectivity index (χ0v) is 8.03. The van der Waals surface area contributed by atoms with Crippen molar-refractivity contribution in [2.24, 2.45) is 0 Å². The van der Waals surface area contributed by atoms with Crippen LogP contribution in [-0.2, 0) is 4.79 Å². The van der Waals surface area contributed by atoms with E-state index in [0.717, 1.165) is 0 Å². The smallest absolute Gasteiger partial charge is 0.171 e. The van der Waals surface area contributed by atoms with Crippen LogP contribution in [0.4, 0.5) is 0 Å². The van der Waals surface area contributed by atoms with Gasteiger partial charge in [0.1, 0.15) is 0 Å². The van der Waals surface area contributed by atoms with Crippen molar-refractivity contribution in [2.45, 2.75) is 19.3 Å². The molecule has 0 aromatic rings. The summed E-state index contributed by atoms with van der Waals surface area (Å²) in [6, 6.07) is 1.99. The van der Waals surface area contributed by atoms with Crippen molar-refractivity contribution in [2.75, 3.05) is 5.88 Å². The van der Waals surface area contributed by atoms with Crippen LogP contribution >= 0.6 is 23.2 Å². The largest absolute Gasteiger partial charge is 0.293 e. The first-order valence-corrected chi connectivity index (χ1v) is 4.43. The lowest BCUT2D eigenvalue weighted by molar-refractivity contribution is -0.112. The molecule has 0 fully saturated rings. The molecule has 0 radical (unpaired) electrons. The fraction of sp³-hybridized carbons (Fsp3) is 0.500. The van der Waals surface area contributed by atoms with E-state index in [1.807, 2.05) is 6.07 Å². The lowest BCUT2D eigenvalue weighted by Gasteiger charge is -1.93. The molecule has 0 bridgehead atoms. The number of hydrogen-bond donors (Lipinski definition) is 0. The molecule has 0 aliphatic carbocycles. The van der Waals surface area contributed by atoms with E-state index < -0.39 is 0 Å². The predicted octanol–water partition coefficient (Wildman–Crippen LogP) is 2.61. The van der Waals surface area contributed by atoms with Crippen molar-refractivity contribution in [3.05, 3.63) is 11.1 Å². The van der Waals surface area contributed by atoms with Gasteiger partial charge in [0, 0.05) is 11.5 Å². The Hall–Kier alpha value is -0.520. The van der Waals surface area contributed by atoms with E-state index in [0.29, 0.717) is 24.3 Å². The van der Waals surface area contributed by atoms with Gasteiger partial charge in [-0.1, -0.05) is 11.6 Å². The summed E-state index contributed by atoms with van der Waals surface area (Å²) in [5.74, 6) is -0.243. The Morgan fingerprint density at radius 3 is 2.75 bits per heavy atom. The summed E-state index contributed by atoms with van der Waals surface area (Å²) in [6.45, 7) is 0. The van der Waals surface area contributed by atoms with Crippen LogP contribution in [0.2, 0.25) is 0 Å². The molecule has 0 unspecified atom stereocenters. The third kappa shape index (κ3) is 6.21. The van der Waals surface area contributed by atoms with Gasteiger partial charge >= 0.3 is 0 Å². The number of allylic oxidation sites excluding steroid dienone is 2. The summed E-state index contributed by atoms with van der Waals surface area (Å²) in [7, 11) is 0. The molecule has 66 valence electrons. The minimum Gasteiger partial charge on any atom is -0.293 e. The minimum atomic E-state index is -0.196. The van der Waals surface area contributed by atoms with Crippen LogP contribution in [0.3, 0.4) is 0 Å². The minimum absolute atomic E-state index is 0.0472. The highest BCUT2D eigenvalue weighted by Crippen LogP contribution is 2.11. The van der Waals surface area contributed by atoms with Crippen molar-refractivity contribution in [1.29, 1.82) is 5.26 Å². The van der Waals surface area contributed by atoms with Gasteiger partial charge in [-0.25, -0.2) is 0 Å². The lowest BCUT2D eigenvalue weighted by atomic mass is 10.2. The van der Waals surface area contributed by atoms with Crippen molar-refractivity contribution in [1.82, 2.24) is 0 Å². The molecule has 0 saturated heterocycles. The molecule has 0 rings (SSSR count). The zero-order chi connectivity index (χ0) is 9.40. The fourth-order valence-electron chi connectivity index (χ4n) is 0.622. The van der Waals surface area contributed by atoms with E-state index in [4.69, 9.17) is 28.5 Å². The number of rotatable bonds is 5. The highest BCUT2D eigenvalue weighted by atomic mass is 35.5. The van der Waals surface area contributed by atoms with E-state index in [-0.39, 0.29) is 11.7 Å². The van der Waals surface area contributed by atoms with Gasteiger partial charge in [0.25, 0.3) is 0 Å². The third-order valence-electron chi connectivity index (χ3n) is 1.15. The van der Waals surface area contributed by atoms with Crippen LogP contribution in [-0.4, -0.2) is 11.7 Å². The molecular formula is C8H9Cl2NO. The number of carbonyl (C=O) groups is 1. The van der Waals surface area contributed by atoms with Crippen LogP contribution in [0.15, 0.2) is 11.1 Å². The Morgan fingerprint density at radius 2 is 2.25 bits per heavy atom. The SMILES string of the molecule is N#CCCC/C(Cl)=C\C(=O)CCl. The molecule has 0 aromatic heterocycles. The standard InChI is InChI=1S/C8H9Cl2NO/c9-6-8(12)5-7(10)3-1-2-4-11/h5H,1-3,6H2/b7-5+. The summed E-state index contributed by atoms with van der Waals surface area (Å²) >= 11 is 10.9. The maximum atomic E-state index is 10.7. The fourth-order valence-corrected chi connectivity index (χ4v) is 0.954. The number of hydrogen-bond acceptors (Lipinski definition) is 2. The lowest BCUT2D eigenvalue weighted by Crippen LogP contribution is -1.93. The summed E-state index contributed by atoms with van der Waals surface area (Å²) in [6.07, 6.45) is 3.02. The van der Waals surface area contributed by atoms with Crippen molar-refractivity contribution in [3.8, 4) is 6.07 Å². The zero-order valence-electron chi connectivity index (χ0n) is 6.52. The molecule has 2 nitrogen and oxygen atoms in total. The van der Waals surface area contributed by atoms with E-state index in [1.165, 1.54) is 6.08 Å². The van der Waals surface area contributed by atoms with Crippen LogP contribution in [0, 0.1) is 11.3 Å². The molecule has 0 atom stereocenters. The molecule has 0 aliphatic rings. The topological polar surface area (TPSA) is 40.9 Å². The normalized spacial score (nSPS) is 10.9. The Labute approximate surface area is 81.8 Å². The third-order valence-corrected chi connectivity index (χ3v) is 1.71. The van der Waals surface area contributed by atoms with Crippen molar-refractivity contribution in [3.63, 3.8) is 0 Å². The van der Waals surface area contributed by atoms with Crippen LogP contribution in [0.1, 0.15) is 19.3 Å². The summed E-state index contributed by atoms with van der Waals surface area (Å²) in [5.41, 5.74) is 0. The molecule has 0 saturated carbocycles. The number of carbonyl (C=O) groups excluding carboxylic acids is 1. The van der Waals surface area contributed by atoms with Crippen LogP contribution in [0.5, 0.6) is 0 Å². The van der Waals surface area contributed by atoms with E-state index in [2.05, 4.69) is 0 Å². The van der Waals surface area contributed by atoms with Crippen LogP contribution in [0.25, 0.3) is 0 Å². The van der Waals surface area contributed by atoms with Gasteiger partial charge in [-0.15, -0.1) is 11.6 Å². The molecule has 4 heteroatoms. The predicted molar refractivity (Wildman–Crippen MR) is 49.1 cm³/mol. The Bertz CT molecular complexity index is 218. The Kier molecular flexibility index (Phi) is 6.84. The maximum Gasteiger partial charge on any atom is 0.171 e. The van der Waals surface area contributed by atoms with E-state index in [9.17, 15) is 4.79 Å². The van der Waals surface area contributed by atoms with Crippen molar-refractivity contribution < 1.29 is 4.79 Å². The molecule has 0 aliphatic heterocycles. The molecule has 0 spiro atoms. The van der Waals surface area contributed by atoms with E-state index in [1.54, 1.807) is 0 Å². The number of nitrogens with zero attached hydrogens (tertiary/aromatic N) is 1. The van der Waals surface area contributed by atoms with Gasteiger partial charge < -0.3 is 0 Å². The number of alkyl halides is 1. The van der Waals surface area contributed by atoms with Gasteiger partial charge in [-0.05, 0) is 18.9 Å². The highest BCUT2D eigenvalue weighted by Gasteiger charge is 1.97. The first-order valence-electron chi connectivity index (χ1n) is 3.52. The van der Waals surface area contributed by atoms with Crippen LogP contribution < -0.4 is 0 Å². The van der Waals surface area contributed by atoms with Gasteiger partial charge in [-0.3, -0.25) is 4.79 Å². The van der Waals surface area contributed by atoms with Gasteiger partial charge in [0.05, 0.1) is 11.9 Å². The number of unbranched alkanes of at least 4 members (excludes halogenated alkanes) is 1. The van der Waals surface area contributed by atoms with Gasteiger partial charge in [0.2, 0.25) is 0 Å². The average Bonchev–Trinajstić information content (AvgIpc) is 2.05. The molecule has 12 heavy (non-hydrogen) atoms. The van der Waals surface area contributed by atoms with Crippen molar-refractivity contribution >= 4 is 29.0 Å². The average molecular weight is 206 g/mol. The molecular weight excluding hydrogens is 197 g/mol. The monoisotopic (exact) mass is 205 g/mol. The molecule has 0 amide bonds. The Balaban J connectivity index is 3.71. The maximum absolute atomic E-state index is 10.7. The van der Waals surface area contributed by atoms with Gasteiger partial charge in [-0.2, -0.15) is 5.26 Å². The quantitative estimate of drug-likeness (QED) is 0.394. The summed E-state index contributed by atoms with van der Waals surface area (Å²) < 4.78 is 0. The molecule has 0 heterocycles. The molecule has 0 aromatic carbocycles. The number of ketones is 1. The first-order chi connectivity index (χ1) is 5.70. The van der Waals surface area contributed by atoms with Gasteiger partial charge in [0.15, 0.2) is 5.78 Å². The second kappa shape index (κ2) is 7.15. The van der Waals surface area contributed by atoms with E-state index >= 15 is 0 Å².